The molecule has 0 atom stereocenters. The number of rotatable bonds is 4. The van der Waals surface area contributed by atoms with Gasteiger partial charge in [-0.2, -0.15) is 0 Å². The molecule has 0 aromatic rings. The lowest BCUT2D eigenvalue weighted by Gasteiger charge is -2.02. The molecule has 0 aliphatic heterocycles. The molecule has 0 radical (unpaired) electrons. The highest BCUT2D eigenvalue weighted by atomic mass is 16.8. The number of carbonyl (C=O) groups is 1. The summed E-state index contributed by atoms with van der Waals surface area (Å²) >= 11 is 0. The van der Waals surface area contributed by atoms with Crippen LogP contribution in [0, 0.1) is 0 Å². The summed E-state index contributed by atoms with van der Waals surface area (Å²) < 4.78 is 12.9. The highest BCUT2D eigenvalue weighted by Gasteiger charge is 1.99. The van der Waals surface area contributed by atoms with Crippen LogP contribution in [-0.4, -0.2) is 31.5 Å². The van der Waals surface area contributed by atoms with Crippen molar-refractivity contribution in [3.63, 3.8) is 0 Å². The summed E-state index contributed by atoms with van der Waals surface area (Å²) in [4.78, 5) is 10.3. The maximum absolute atomic E-state index is 10.3. The second kappa shape index (κ2) is 6.31. The Balaban J connectivity index is 3.05. The molecule has 0 bridgehead atoms. The quantitative estimate of drug-likeness (QED) is 0.349. The lowest BCUT2D eigenvalue weighted by molar-refractivity contribution is -0.0944. The first-order valence-electron chi connectivity index (χ1n) is 2.79. The Morgan fingerprint density at radius 1 is 1.50 bits per heavy atom. The minimum absolute atomic E-state index is 0.262. The van der Waals surface area contributed by atoms with Crippen LogP contribution in [0.3, 0.4) is 0 Å². The number of ether oxygens (including phenoxy) is 3. The van der Waals surface area contributed by atoms with Crippen molar-refractivity contribution in [3.05, 3.63) is 0 Å². The van der Waals surface area contributed by atoms with E-state index in [1.54, 1.807) is 6.92 Å². The molecular weight excluding hydrogens is 140 g/mol. The minimum Gasteiger partial charge on any atom is -0.435 e. The van der Waals surface area contributed by atoms with Crippen molar-refractivity contribution in [2.24, 2.45) is 0 Å². The van der Waals surface area contributed by atoms with Crippen molar-refractivity contribution in [1.82, 2.24) is 0 Å². The molecule has 5 nitrogen and oxygen atoms in total. The summed E-state index contributed by atoms with van der Waals surface area (Å²) in [6.07, 6.45) is -0.795. The molecule has 0 unspecified atom stereocenters. The molecule has 0 aromatic carbocycles. The summed E-state index contributed by atoms with van der Waals surface area (Å²) in [6, 6.07) is 0. The van der Waals surface area contributed by atoms with Crippen LogP contribution in [0.25, 0.3) is 0 Å². The molecule has 0 rings (SSSR count). The van der Waals surface area contributed by atoms with Gasteiger partial charge in [-0.1, -0.05) is 0 Å². The Morgan fingerprint density at radius 3 is 2.70 bits per heavy atom. The third-order valence-electron chi connectivity index (χ3n) is 0.614. The number of hydrogen-bond acceptors (Lipinski definition) is 5. The van der Waals surface area contributed by atoms with Gasteiger partial charge in [0, 0.05) is 0 Å². The van der Waals surface area contributed by atoms with Crippen molar-refractivity contribution in [3.8, 4) is 0 Å². The normalized spacial score (nSPS) is 9.00. The summed E-state index contributed by atoms with van der Waals surface area (Å²) in [7, 11) is 0. The van der Waals surface area contributed by atoms with Gasteiger partial charge in [-0.25, -0.2) is 4.79 Å². The van der Waals surface area contributed by atoms with Crippen molar-refractivity contribution >= 4 is 6.16 Å². The van der Waals surface area contributed by atoms with E-state index < -0.39 is 12.9 Å². The molecule has 0 aliphatic rings. The first-order chi connectivity index (χ1) is 4.81. The van der Waals surface area contributed by atoms with Crippen molar-refractivity contribution < 1.29 is 24.1 Å². The largest absolute Gasteiger partial charge is 0.510 e. The van der Waals surface area contributed by atoms with Crippen LogP contribution in [0.5, 0.6) is 0 Å². The van der Waals surface area contributed by atoms with Crippen LogP contribution in [0.2, 0.25) is 0 Å². The Hall–Kier alpha value is -0.810. The van der Waals surface area contributed by atoms with E-state index in [0.29, 0.717) is 0 Å². The molecule has 0 aliphatic carbocycles. The zero-order chi connectivity index (χ0) is 7.82. The van der Waals surface area contributed by atoms with E-state index in [9.17, 15) is 4.79 Å². The first-order valence-corrected chi connectivity index (χ1v) is 2.79. The van der Waals surface area contributed by atoms with E-state index in [1.807, 2.05) is 0 Å². The fourth-order valence-corrected chi connectivity index (χ4v) is 0.287. The fourth-order valence-electron chi connectivity index (χ4n) is 0.287. The smallest absolute Gasteiger partial charge is 0.435 e. The lowest BCUT2D eigenvalue weighted by atomic mass is 10.9. The van der Waals surface area contributed by atoms with Gasteiger partial charge in [0.15, 0.2) is 6.79 Å². The molecule has 10 heavy (non-hydrogen) atoms. The maximum atomic E-state index is 10.3. The highest BCUT2D eigenvalue weighted by molar-refractivity contribution is 5.59. The first kappa shape index (κ1) is 9.19. The van der Waals surface area contributed by atoms with Gasteiger partial charge in [0.2, 0.25) is 0 Å². The van der Waals surface area contributed by atoms with Crippen molar-refractivity contribution in [2.75, 3.05) is 20.2 Å². The average molecular weight is 150 g/mol. The van der Waals surface area contributed by atoms with Gasteiger partial charge >= 0.3 is 6.16 Å². The molecule has 0 spiro atoms. The maximum Gasteiger partial charge on any atom is 0.510 e. The van der Waals surface area contributed by atoms with Gasteiger partial charge in [0.1, 0.15) is 6.79 Å². The van der Waals surface area contributed by atoms with Crippen LogP contribution in [-0.2, 0) is 14.2 Å². The second-order valence-corrected chi connectivity index (χ2v) is 1.28. The predicted molar refractivity (Wildman–Crippen MR) is 31.1 cm³/mol. The summed E-state index contributed by atoms with van der Waals surface area (Å²) in [5, 5.41) is 8.05. The zero-order valence-electron chi connectivity index (χ0n) is 5.70. The summed E-state index contributed by atoms with van der Waals surface area (Å²) in [5.41, 5.74) is 0. The van der Waals surface area contributed by atoms with Crippen LogP contribution in [0.4, 0.5) is 4.79 Å². The van der Waals surface area contributed by atoms with Crippen LogP contribution in [0.1, 0.15) is 6.92 Å². The van der Waals surface area contributed by atoms with E-state index in [4.69, 9.17) is 5.11 Å². The van der Waals surface area contributed by atoms with Gasteiger partial charge in [0.05, 0.1) is 6.61 Å². The van der Waals surface area contributed by atoms with Crippen molar-refractivity contribution in [1.29, 1.82) is 0 Å². The predicted octanol–water partition coefficient (Wildman–Crippen LogP) is 0.0834. The topological polar surface area (TPSA) is 65.0 Å². The van der Waals surface area contributed by atoms with E-state index in [1.165, 1.54) is 0 Å². The van der Waals surface area contributed by atoms with E-state index >= 15 is 0 Å². The van der Waals surface area contributed by atoms with Gasteiger partial charge in [0.25, 0.3) is 0 Å². The van der Waals surface area contributed by atoms with Crippen LogP contribution in [0.15, 0.2) is 0 Å². The molecule has 0 saturated heterocycles. The molecule has 0 heterocycles. The number of aliphatic hydroxyl groups is 1. The zero-order valence-corrected chi connectivity index (χ0v) is 5.70. The molecule has 60 valence electrons. The molecule has 5 heteroatoms. The van der Waals surface area contributed by atoms with Gasteiger partial charge < -0.3 is 19.3 Å². The molecule has 0 aromatic heterocycles. The van der Waals surface area contributed by atoms with E-state index in [-0.39, 0.29) is 13.4 Å². The van der Waals surface area contributed by atoms with Gasteiger partial charge in [-0.05, 0) is 6.92 Å². The molecule has 0 saturated carbocycles. The second-order valence-electron chi connectivity index (χ2n) is 1.28. The van der Waals surface area contributed by atoms with Crippen LogP contribution < -0.4 is 0 Å². The van der Waals surface area contributed by atoms with Crippen LogP contribution >= 0.6 is 0 Å². The molecule has 0 amide bonds. The molecular formula is C5H10O5. The average Bonchev–Trinajstić information content (AvgIpc) is 1.89. The third kappa shape index (κ3) is 5.33. The van der Waals surface area contributed by atoms with Gasteiger partial charge in [-0.3, -0.25) is 0 Å². The lowest BCUT2D eigenvalue weighted by Crippen LogP contribution is -2.10. The Labute approximate surface area is 58.5 Å². The Kier molecular flexibility index (Phi) is 5.80. The van der Waals surface area contributed by atoms with E-state index in [0.717, 1.165) is 0 Å². The third-order valence-corrected chi connectivity index (χ3v) is 0.614. The number of carbonyl (C=O) groups excluding carboxylic acids is 1. The monoisotopic (exact) mass is 150 g/mol. The highest BCUT2D eigenvalue weighted by Crippen LogP contribution is 1.84. The number of aliphatic hydroxyl groups excluding tert-OH is 1. The Morgan fingerprint density at radius 2 is 2.20 bits per heavy atom. The SMILES string of the molecule is CCOC(=O)OCOCO. The van der Waals surface area contributed by atoms with E-state index in [2.05, 4.69) is 14.2 Å². The Bertz CT molecular complexity index is 92.0. The molecule has 0 fully saturated rings. The fraction of sp³-hybridized carbons (Fsp3) is 0.800. The standard InChI is InChI=1S/C5H10O5/c1-2-9-5(7)10-4-8-3-6/h6H,2-4H2,1H3. The summed E-state index contributed by atoms with van der Waals surface area (Å²) in [5.74, 6) is 0. The number of hydrogen-bond donors (Lipinski definition) is 1. The van der Waals surface area contributed by atoms with Crippen molar-refractivity contribution in [2.45, 2.75) is 6.92 Å². The summed E-state index contributed by atoms with van der Waals surface area (Å²) in [6.45, 7) is 1.17. The van der Waals surface area contributed by atoms with Gasteiger partial charge in [-0.15, -0.1) is 0 Å². The minimum atomic E-state index is -0.795. The molecule has 1 N–H and O–H groups in total.